The normalized spacial score (nSPS) is 21.0. The minimum atomic E-state index is -0.318. The lowest BCUT2D eigenvalue weighted by Gasteiger charge is -2.26. The summed E-state index contributed by atoms with van der Waals surface area (Å²) in [5.74, 6) is 0.366. The number of hydrogen-bond acceptors (Lipinski definition) is 3. The van der Waals surface area contributed by atoms with Gasteiger partial charge in [0.15, 0.2) is 0 Å². The largest absolute Gasteiger partial charge is 0.388 e. The molecule has 14 heavy (non-hydrogen) atoms. The first-order valence-corrected chi connectivity index (χ1v) is 6.44. The van der Waals surface area contributed by atoms with Crippen LogP contribution in [0.1, 0.15) is 24.5 Å². The van der Waals surface area contributed by atoms with Gasteiger partial charge in [-0.05, 0) is 51.7 Å². The monoisotopic (exact) mass is 276 g/mol. The predicted molar refractivity (Wildman–Crippen MR) is 60.5 cm³/mol. The van der Waals surface area contributed by atoms with E-state index < -0.39 is 0 Å². The van der Waals surface area contributed by atoms with Crippen LogP contribution in [0.4, 0.5) is 0 Å². The molecule has 0 aromatic carbocycles. The summed E-state index contributed by atoms with van der Waals surface area (Å²) < 4.78 is 6.36. The average Bonchev–Trinajstić information content (AvgIpc) is 2.65. The predicted octanol–water partition coefficient (Wildman–Crippen LogP) is 2.97. The number of halogens is 1. The van der Waals surface area contributed by atoms with Gasteiger partial charge in [-0.3, -0.25) is 0 Å². The van der Waals surface area contributed by atoms with Gasteiger partial charge in [0, 0.05) is 13.2 Å². The van der Waals surface area contributed by atoms with Crippen molar-refractivity contribution in [3.8, 4) is 0 Å². The molecule has 1 aliphatic rings. The summed E-state index contributed by atoms with van der Waals surface area (Å²) in [7, 11) is 0. The van der Waals surface area contributed by atoms with E-state index in [0.717, 1.165) is 35.4 Å². The fraction of sp³-hybridized carbons (Fsp3) is 0.600. The van der Waals surface area contributed by atoms with E-state index in [2.05, 4.69) is 15.9 Å². The first-order valence-electron chi connectivity index (χ1n) is 4.77. The maximum Gasteiger partial charge on any atom is 0.0828 e. The minimum absolute atomic E-state index is 0.318. The van der Waals surface area contributed by atoms with Crippen molar-refractivity contribution in [2.45, 2.75) is 18.9 Å². The molecule has 0 saturated carbocycles. The van der Waals surface area contributed by atoms with Crippen LogP contribution in [0.5, 0.6) is 0 Å². The Labute approximate surface area is 96.0 Å². The number of hydrogen-bond donors (Lipinski definition) is 1. The van der Waals surface area contributed by atoms with Crippen LogP contribution in [0.25, 0.3) is 0 Å². The van der Waals surface area contributed by atoms with Crippen molar-refractivity contribution in [2.24, 2.45) is 5.92 Å². The molecule has 78 valence electrons. The van der Waals surface area contributed by atoms with Crippen LogP contribution < -0.4 is 0 Å². The summed E-state index contributed by atoms with van der Waals surface area (Å²) >= 11 is 5.03. The lowest BCUT2D eigenvalue weighted by molar-refractivity contribution is 0.00733. The summed E-state index contributed by atoms with van der Waals surface area (Å²) in [6, 6.07) is 2.00. The lowest BCUT2D eigenvalue weighted by atomic mass is 9.91. The molecule has 1 aliphatic heterocycles. The van der Waals surface area contributed by atoms with E-state index in [4.69, 9.17) is 4.74 Å². The van der Waals surface area contributed by atoms with Gasteiger partial charge in [0.05, 0.1) is 9.89 Å². The van der Waals surface area contributed by atoms with Gasteiger partial charge in [-0.25, -0.2) is 0 Å². The molecule has 1 N–H and O–H groups in total. The number of thiophene rings is 1. The van der Waals surface area contributed by atoms with E-state index in [1.807, 2.05) is 11.4 Å². The van der Waals surface area contributed by atoms with Crippen LogP contribution in [0, 0.1) is 5.92 Å². The molecule has 1 fully saturated rings. The Bertz CT molecular complexity index is 294. The van der Waals surface area contributed by atoms with Gasteiger partial charge in [-0.2, -0.15) is 0 Å². The molecule has 4 heteroatoms. The molecule has 1 aromatic rings. The Kier molecular flexibility index (Phi) is 3.60. The molecule has 0 aliphatic carbocycles. The van der Waals surface area contributed by atoms with Gasteiger partial charge in [-0.15, -0.1) is 11.3 Å². The van der Waals surface area contributed by atoms with Crippen molar-refractivity contribution in [1.29, 1.82) is 0 Å². The third-order valence-electron chi connectivity index (χ3n) is 2.64. The highest BCUT2D eigenvalue weighted by Crippen LogP contribution is 2.33. The van der Waals surface area contributed by atoms with Crippen molar-refractivity contribution in [3.05, 3.63) is 20.8 Å². The quantitative estimate of drug-likeness (QED) is 0.900. The van der Waals surface area contributed by atoms with Crippen LogP contribution >= 0.6 is 27.3 Å². The summed E-state index contributed by atoms with van der Waals surface area (Å²) in [6.07, 6.45) is 1.62. The Morgan fingerprint density at radius 1 is 1.50 bits per heavy atom. The standard InChI is InChI=1S/C10H13BrO2S/c11-9-5-8(6-14-9)10(12)7-1-3-13-4-2-7/h5-7,10,12H,1-4H2. The molecule has 1 aromatic heterocycles. The van der Waals surface area contributed by atoms with Crippen molar-refractivity contribution >= 4 is 27.3 Å². The molecular formula is C10H13BrO2S. The second kappa shape index (κ2) is 4.75. The third kappa shape index (κ3) is 2.37. The fourth-order valence-corrected chi connectivity index (χ4v) is 2.99. The smallest absolute Gasteiger partial charge is 0.0828 e. The molecule has 1 saturated heterocycles. The molecule has 2 nitrogen and oxygen atoms in total. The topological polar surface area (TPSA) is 29.5 Å². The van der Waals surface area contributed by atoms with Gasteiger partial charge < -0.3 is 9.84 Å². The van der Waals surface area contributed by atoms with Gasteiger partial charge in [-0.1, -0.05) is 0 Å². The third-order valence-corrected chi connectivity index (χ3v) is 4.16. The van der Waals surface area contributed by atoms with Crippen LogP contribution in [0.2, 0.25) is 0 Å². The summed E-state index contributed by atoms with van der Waals surface area (Å²) in [6.45, 7) is 1.57. The van der Waals surface area contributed by atoms with E-state index in [-0.39, 0.29) is 6.10 Å². The first-order chi connectivity index (χ1) is 6.77. The van der Waals surface area contributed by atoms with Crippen LogP contribution in [0.3, 0.4) is 0 Å². The zero-order chi connectivity index (χ0) is 9.97. The van der Waals surface area contributed by atoms with E-state index >= 15 is 0 Å². The summed E-state index contributed by atoms with van der Waals surface area (Å²) in [4.78, 5) is 0. The lowest BCUT2D eigenvalue weighted by Crippen LogP contribution is -2.21. The number of ether oxygens (including phenoxy) is 1. The van der Waals surface area contributed by atoms with Crippen molar-refractivity contribution < 1.29 is 9.84 Å². The highest BCUT2D eigenvalue weighted by molar-refractivity contribution is 9.11. The van der Waals surface area contributed by atoms with Crippen molar-refractivity contribution in [3.63, 3.8) is 0 Å². The van der Waals surface area contributed by atoms with Crippen LogP contribution in [-0.4, -0.2) is 18.3 Å². The Hall–Kier alpha value is 0.1000. The van der Waals surface area contributed by atoms with Gasteiger partial charge in [0.25, 0.3) is 0 Å². The number of rotatable bonds is 2. The second-order valence-electron chi connectivity index (χ2n) is 3.58. The zero-order valence-corrected chi connectivity index (χ0v) is 10.2. The van der Waals surface area contributed by atoms with Crippen molar-refractivity contribution in [2.75, 3.05) is 13.2 Å². The highest BCUT2D eigenvalue weighted by atomic mass is 79.9. The van der Waals surface area contributed by atoms with E-state index in [9.17, 15) is 5.11 Å². The molecule has 1 unspecified atom stereocenters. The van der Waals surface area contributed by atoms with E-state index in [1.54, 1.807) is 11.3 Å². The highest BCUT2D eigenvalue weighted by Gasteiger charge is 2.23. The Balaban J connectivity index is 2.03. The maximum absolute atomic E-state index is 10.1. The zero-order valence-electron chi connectivity index (χ0n) is 7.78. The Morgan fingerprint density at radius 2 is 2.21 bits per heavy atom. The molecule has 0 spiro atoms. The van der Waals surface area contributed by atoms with Crippen LogP contribution in [-0.2, 0) is 4.74 Å². The SMILES string of the molecule is OC(c1csc(Br)c1)C1CCOCC1. The molecule has 0 bridgehead atoms. The van der Waals surface area contributed by atoms with Crippen molar-refractivity contribution in [1.82, 2.24) is 0 Å². The number of aliphatic hydroxyl groups excluding tert-OH is 1. The molecule has 2 heterocycles. The average molecular weight is 277 g/mol. The molecule has 1 atom stereocenters. The molecule has 0 amide bonds. The molecular weight excluding hydrogens is 264 g/mol. The first kappa shape index (κ1) is 10.6. The van der Waals surface area contributed by atoms with E-state index in [1.165, 1.54) is 0 Å². The second-order valence-corrected chi connectivity index (χ2v) is 5.87. The van der Waals surface area contributed by atoms with Crippen LogP contribution in [0.15, 0.2) is 15.2 Å². The fourth-order valence-electron chi connectivity index (χ4n) is 1.78. The summed E-state index contributed by atoms with van der Waals surface area (Å²) in [5.41, 5.74) is 1.04. The van der Waals surface area contributed by atoms with E-state index in [0.29, 0.717) is 5.92 Å². The van der Waals surface area contributed by atoms with Gasteiger partial charge >= 0.3 is 0 Å². The minimum Gasteiger partial charge on any atom is -0.388 e. The summed E-state index contributed by atoms with van der Waals surface area (Å²) in [5, 5.41) is 12.1. The number of aliphatic hydroxyl groups is 1. The maximum atomic E-state index is 10.1. The molecule has 2 rings (SSSR count). The molecule has 0 radical (unpaired) electrons. The van der Waals surface area contributed by atoms with Gasteiger partial charge in [0.1, 0.15) is 0 Å². The Morgan fingerprint density at radius 3 is 2.79 bits per heavy atom. The van der Waals surface area contributed by atoms with Gasteiger partial charge in [0.2, 0.25) is 0 Å².